The summed E-state index contributed by atoms with van der Waals surface area (Å²) in [6.45, 7) is 6.40. The summed E-state index contributed by atoms with van der Waals surface area (Å²) < 4.78 is 11.8. The molecule has 0 aromatic carbocycles. The molecule has 8 N–H and O–H groups in total. The van der Waals surface area contributed by atoms with Crippen LogP contribution in [0, 0.1) is 46.3 Å². The van der Waals surface area contributed by atoms with E-state index in [1.807, 2.05) is 0 Å². The Morgan fingerprint density at radius 3 is 2.58 bits per heavy atom. The van der Waals surface area contributed by atoms with E-state index in [-0.39, 0.29) is 90.2 Å². The summed E-state index contributed by atoms with van der Waals surface area (Å²) in [5.41, 5.74) is 4.43. The number of carbonyl (C=O) groups is 2. The third-order valence-electron chi connectivity index (χ3n) is 13.9. The van der Waals surface area contributed by atoms with Gasteiger partial charge < -0.3 is 46.1 Å². The Morgan fingerprint density at radius 2 is 1.84 bits per heavy atom. The number of fused-ring (bicyclic) bond motifs is 5. The predicted octanol–water partition coefficient (Wildman–Crippen LogP) is 0.872. The Kier molecular flexibility index (Phi) is 10.7. The second-order valence-corrected chi connectivity index (χ2v) is 16.4. The number of esters is 1. The summed E-state index contributed by atoms with van der Waals surface area (Å²) >= 11 is 0. The first kappa shape index (κ1) is 37.1. The molecule has 14 heteroatoms. The Balaban J connectivity index is 0.945. The quantitative estimate of drug-likeness (QED) is 0.169. The SMILES string of the molecule is C[C@H](CCC(=O)NCCC(=O)OC[C@H]1O[C@@H](n2ccc(N)nc2=O)[C@@H](O)[C@@H]1O)[C@H]1CC[C@H]2C3[C@H](O)C[C@@H]4C[C@H](O)CC[C@]4(C)[C@H]3C[C@H](O)[C@]12C. The van der Waals surface area contributed by atoms with Gasteiger partial charge in [0.05, 0.1) is 24.7 Å². The molecule has 1 amide bonds. The first-order valence-corrected chi connectivity index (χ1v) is 18.5. The van der Waals surface area contributed by atoms with Gasteiger partial charge in [-0.1, -0.05) is 20.8 Å². The Hall–Kier alpha value is -2.62. The first-order valence-electron chi connectivity index (χ1n) is 18.5. The average Bonchev–Trinajstić information content (AvgIpc) is 3.56. The van der Waals surface area contributed by atoms with Gasteiger partial charge in [-0.05, 0) is 104 Å². The first-order chi connectivity index (χ1) is 23.6. The zero-order chi connectivity index (χ0) is 36.1. The standard InChI is InChI=1S/C36H56N4O10/c1-18(21-5-6-22-30-23(16-26(43)36(21,22)3)35(2)11-8-20(41)14-19(35)15-24(30)42)4-7-28(44)38-12-9-29(45)49-17-25-31(46)32(47)33(50-25)40-13-10-27(37)39-34(40)48/h10,13,18-26,30-33,41-43,46-47H,4-9,11-12,14-17H2,1-3H3,(H,38,44)(H2,37,39,48)/t18-,19+,20-,21-,22+,23+,24-,25-,26+,30?,31-,32+,33-,35+,36-/m1/s1. The number of aromatic nitrogens is 2. The largest absolute Gasteiger partial charge is 0.463 e. The van der Waals surface area contributed by atoms with Gasteiger partial charge in [0.1, 0.15) is 30.7 Å². The van der Waals surface area contributed by atoms with Gasteiger partial charge in [0.2, 0.25) is 5.91 Å². The number of nitrogens with one attached hydrogen (secondary N) is 1. The zero-order valence-electron chi connectivity index (χ0n) is 29.4. The number of hydrogen-bond acceptors (Lipinski definition) is 12. The van der Waals surface area contributed by atoms with Crippen LogP contribution in [0.4, 0.5) is 5.82 Å². The normalized spacial score (nSPS) is 43.0. The summed E-state index contributed by atoms with van der Waals surface area (Å²) in [5, 5.41) is 57.2. The zero-order valence-corrected chi connectivity index (χ0v) is 29.4. The fourth-order valence-corrected chi connectivity index (χ4v) is 11.0. The smallest absolute Gasteiger partial charge is 0.351 e. The molecule has 4 saturated carbocycles. The van der Waals surface area contributed by atoms with Crippen LogP contribution in [0.2, 0.25) is 0 Å². The lowest BCUT2D eigenvalue weighted by atomic mass is 9.43. The van der Waals surface area contributed by atoms with Crippen LogP contribution >= 0.6 is 0 Å². The Bertz CT molecular complexity index is 1460. The van der Waals surface area contributed by atoms with E-state index in [2.05, 4.69) is 31.1 Å². The van der Waals surface area contributed by atoms with Crippen LogP contribution in [0.25, 0.3) is 0 Å². The second kappa shape index (κ2) is 14.4. The molecule has 5 fully saturated rings. The van der Waals surface area contributed by atoms with E-state index >= 15 is 0 Å². The highest BCUT2D eigenvalue weighted by molar-refractivity contribution is 5.77. The highest BCUT2D eigenvalue weighted by Crippen LogP contribution is 2.68. The molecular weight excluding hydrogens is 648 g/mol. The molecule has 50 heavy (non-hydrogen) atoms. The fraction of sp³-hybridized carbons (Fsp3) is 0.833. The van der Waals surface area contributed by atoms with E-state index in [0.29, 0.717) is 12.8 Å². The number of carbonyl (C=O) groups excluding carboxylic acids is 2. The summed E-state index contributed by atoms with van der Waals surface area (Å²) in [6, 6.07) is 1.35. The second-order valence-electron chi connectivity index (χ2n) is 16.4. The van der Waals surface area contributed by atoms with Gasteiger partial charge in [0.15, 0.2) is 6.23 Å². The number of amides is 1. The maximum Gasteiger partial charge on any atom is 0.351 e. The van der Waals surface area contributed by atoms with Crippen LogP contribution in [-0.2, 0) is 19.1 Å². The molecule has 15 atom stereocenters. The maximum atomic E-state index is 12.8. The van der Waals surface area contributed by atoms with Crippen molar-refractivity contribution in [3.05, 3.63) is 22.7 Å². The topological polar surface area (TPSA) is 227 Å². The number of rotatable bonds is 10. The number of hydrogen-bond donors (Lipinski definition) is 7. The lowest BCUT2D eigenvalue weighted by Crippen LogP contribution is -2.62. The van der Waals surface area contributed by atoms with Crippen molar-refractivity contribution < 1.29 is 44.6 Å². The van der Waals surface area contributed by atoms with E-state index in [1.165, 1.54) is 12.3 Å². The summed E-state index contributed by atoms with van der Waals surface area (Å²) in [7, 11) is 0. The minimum atomic E-state index is -1.46. The van der Waals surface area contributed by atoms with Crippen molar-refractivity contribution in [2.24, 2.45) is 46.3 Å². The molecule has 0 radical (unpaired) electrons. The summed E-state index contributed by atoms with van der Waals surface area (Å²) in [4.78, 5) is 40.9. The average molecular weight is 705 g/mol. The monoisotopic (exact) mass is 704 g/mol. The molecule has 0 bridgehead atoms. The predicted molar refractivity (Wildman–Crippen MR) is 180 cm³/mol. The molecular formula is C36H56N4O10. The molecule has 1 aliphatic heterocycles. The molecule has 14 nitrogen and oxygen atoms in total. The molecule has 1 unspecified atom stereocenters. The van der Waals surface area contributed by atoms with Gasteiger partial charge in [-0.15, -0.1) is 0 Å². The Morgan fingerprint density at radius 1 is 1.08 bits per heavy atom. The number of ether oxygens (including phenoxy) is 2. The highest BCUT2D eigenvalue weighted by Gasteiger charge is 2.65. The van der Waals surface area contributed by atoms with E-state index in [4.69, 9.17) is 15.2 Å². The molecule has 2 heterocycles. The van der Waals surface area contributed by atoms with Gasteiger partial charge in [-0.25, -0.2) is 4.79 Å². The van der Waals surface area contributed by atoms with Crippen molar-refractivity contribution in [2.45, 2.75) is 128 Å². The van der Waals surface area contributed by atoms with Crippen LogP contribution in [-0.4, -0.2) is 96.7 Å². The van der Waals surface area contributed by atoms with Gasteiger partial charge in [-0.2, -0.15) is 4.98 Å². The molecule has 6 rings (SSSR count). The van der Waals surface area contributed by atoms with Gasteiger partial charge in [-0.3, -0.25) is 14.2 Å². The highest BCUT2D eigenvalue weighted by atomic mass is 16.6. The number of anilines is 1. The minimum absolute atomic E-state index is 0.000764. The summed E-state index contributed by atoms with van der Waals surface area (Å²) in [6.07, 6.45) is 1.47. The molecule has 1 aromatic heterocycles. The van der Waals surface area contributed by atoms with Crippen molar-refractivity contribution in [1.29, 1.82) is 0 Å². The summed E-state index contributed by atoms with van der Waals surface area (Å²) in [5.74, 6) is 0.462. The minimum Gasteiger partial charge on any atom is -0.463 e. The number of nitrogen functional groups attached to an aromatic ring is 1. The molecule has 5 aliphatic rings. The van der Waals surface area contributed by atoms with E-state index in [0.717, 1.165) is 43.1 Å². The lowest BCUT2D eigenvalue weighted by molar-refractivity contribution is -0.207. The number of nitrogens with zero attached hydrogens (tertiary/aromatic N) is 2. The fourth-order valence-electron chi connectivity index (χ4n) is 11.0. The molecule has 4 aliphatic carbocycles. The van der Waals surface area contributed by atoms with Crippen LogP contribution in [0.3, 0.4) is 0 Å². The van der Waals surface area contributed by atoms with Crippen molar-refractivity contribution >= 4 is 17.7 Å². The van der Waals surface area contributed by atoms with Gasteiger partial charge in [0.25, 0.3) is 0 Å². The number of aliphatic hydroxyl groups is 5. The molecule has 1 aromatic rings. The maximum absolute atomic E-state index is 12.8. The van der Waals surface area contributed by atoms with Crippen molar-refractivity contribution in [3.63, 3.8) is 0 Å². The molecule has 0 spiro atoms. The van der Waals surface area contributed by atoms with E-state index in [9.17, 15) is 39.9 Å². The third-order valence-corrected chi connectivity index (χ3v) is 13.9. The molecule has 1 saturated heterocycles. The van der Waals surface area contributed by atoms with Crippen LogP contribution in [0.15, 0.2) is 17.1 Å². The molecule has 280 valence electrons. The third kappa shape index (κ3) is 6.71. The van der Waals surface area contributed by atoms with Crippen molar-refractivity contribution in [3.8, 4) is 0 Å². The van der Waals surface area contributed by atoms with E-state index < -0.39 is 48.4 Å². The van der Waals surface area contributed by atoms with Crippen LogP contribution in [0.5, 0.6) is 0 Å². The van der Waals surface area contributed by atoms with Crippen LogP contribution < -0.4 is 16.7 Å². The van der Waals surface area contributed by atoms with Crippen molar-refractivity contribution in [1.82, 2.24) is 14.9 Å². The number of aliphatic hydroxyl groups excluding tert-OH is 5. The number of nitrogens with two attached hydrogens (primary N) is 1. The van der Waals surface area contributed by atoms with Crippen LogP contribution in [0.1, 0.15) is 91.2 Å². The Labute approximate surface area is 292 Å². The van der Waals surface area contributed by atoms with E-state index in [1.54, 1.807) is 0 Å². The van der Waals surface area contributed by atoms with Crippen molar-refractivity contribution in [2.75, 3.05) is 18.9 Å². The lowest BCUT2D eigenvalue weighted by Gasteiger charge is -2.63. The van der Waals surface area contributed by atoms with Gasteiger partial charge in [0, 0.05) is 19.2 Å². The van der Waals surface area contributed by atoms with Gasteiger partial charge >= 0.3 is 11.7 Å².